The van der Waals surface area contributed by atoms with Crippen LogP contribution in [-0.2, 0) is 24.7 Å². The highest BCUT2D eigenvalue weighted by molar-refractivity contribution is 5.82. The van der Waals surface area contributed by atoms with Crippen LogP contribution in [0.2, 0.25) is 0 Å². The normalized spacial score (nSPS) is 10.5. The van der Waals surface area contributed by atoms with Gasteiger partial charge in [0.2, 0.25) is 0 Å². The van der Waals surface area contributed by atoms with Gasteiger partial charge in [0, 0.05) is 13.5 Å². The molecule has 0 bridgehead atoms. The van der Waals surface area contributed by atoms with Crippen molar-refractivity contribution in [2.45, 2.75) is 12.8 Å². The summed E-state index contributed by atoms with van der Waals surface area (Å²) in [5.41, 5.74) is 0.416. The molecule has 0 saturated heterocycles. The van der Waals surface area contributed by atoms with Gasteiger partial charge in [0.1, 0.15) is 23.8 Å². The summed E-state index contributed by atoms with van der Waals surface area (Å²) in [6, 6.07) is 6.29. The summed E-state index contributed by atoms with van der Waals surface area (Å²) in [6.45, 7) is 0. The maximum atomic E-state index is 13.3. The second kappa shape index (κ2) is 4.86. The molecule has 0 unspecified atom stereocenters. The minimum absolute atomic E-state index is 0.0776. The number of hydrogen-bond acceptors (Lipinski definition) is 3. The summed E-state index contributed by atoms with van der Waals surface area (Å²) < 4.78 is 14.9. The number of aryl methyl sites for hydroxylation is 1. The van der Waals surface area contributed by atoms with Gasteiger partial charge in [0.15, 0.2) is 0 Å². The third kappa shape index (κ3) is 2.75. The average Bonchev–Trinajstić information content (AvgIpc) is 2.68. The van der Waals surface area contributed by atoms with Gasteiger partial charge in [-0.1, -0.05) is 18.2 Å². The first-order valence-electron chi connectivity index (χ1n) is 5.25. The molecule has 0 radical (unpaired) electrons. The predicted octanol–water partition coefficient (Wildman–Crippen LogP) is 1.31. The van der Waals surface area contributed by atoms with Crippen molar-refractivity contribution in [3.05, 3.63) is 47.8 Å². The van der Waals surface area contributed by atoms with Gasteiger partial charge < -0.3 is 0 Å². The Labute approximate surface area is 98.1 Å². The number of carbonyl (C=O) groups excluding carboxylic acids is 1. The lowest BCUT2D eigenvalue weighted by atomic mass is 10.1. The molecule has 2 aromatic rings. The highest BCUT2D eigenvalue weighted by atomic mass is 19.1. The number of benzene rings is 1. The van der Waals surface area contributed by atoms with E-state index in [1.165, 1.54) is 12.4 Å². The van der Waals surface area contributed by atoms with Crippen LogP contribution in [0.25, 0.3) is 0 Å². The monoisotopic (exact) mass is 233 g/mol. The van der Waals surface area contributed by atoms with Crippen LogP contribution in [0.3, 0.4) is 0 Å². The Morgan fingerprint density at radius 3 is 2.76 bits per heavy atom. The molecule has 0 atom stereocenters. The quantitative estimate of drug-likeness (QED) is 0.800. The molecule has 0 fully saturated rings. The van der Waals surface area contributed by atoms with Crippen LogP contribution in [0.15, 0.2) is 30.6 Å². The summed E-state index contributed by atoms with van der Waals surface area (Å²) in [7, 11) is 1.72. The van der Waals surface area contributed by atoms with Crippen molar-refractivity contribution < 1.29 is 9.18 Å². The topological polar surface area (TPSA) is 47.8 Å². The fourth-order valence-corrected chi connectivity index (χ4v) is 1.57. The fraction of sp³-hybridized carbons (Fsp3) is 0.250. The van der Waals surface area contributed by atoms with Gasteiger partial charge in [0.05, 0.1) is 6.42 Å². The van der Waals surface area contributed by atoms with E-state index in [1.807, 2.05) is 0 Å². The Morgan fingerprint density at radius 2 is 2.12 bits per heavy atom. The van der Waals surface area contributed by atoms with Crippen molar-refractivity contribution in [2.75, 3.05) is 0 Å². The number of aromatic nitrogens is 3. The number of halogens is 1. The van der Waals surface area contributed by atoms with Gasteiger partial charge >= 0.3 is 0 Å². The molecule has 0 N–H and O–H groups in total. The number of nitrogens with zero attached hydrogens (tertiary/aromatic N) is 3. The number of ketones is 1. The van der Waals surface area contributed by atoms with Crippen molar-refractivity contribution in [2.24, 2.45) is 7.05 Å². The van der Waals surface area contributed by atoms with Gasteiger partial charge in [-0.05, 0) is 11.6 Å². The zero-order valence-electron chi connectivity index (χ0n) is 9.43. The molecule has 1 aromatic carbocycles. The molecule has 88 valence electrons. The molecular formula is C12H12FN3O. The Balaban J connectivity index is 2.03. The SMILES string of the molecule is Cn1ncnc1CC(=O)Cc1ccccc1F. The van der Waals surface area contributed by atoms with Gasteiger partial charge in [-0.15, -0.1) is 0 Å². The molecule has 17 heavy (non-hydrogen) atoms. The molecule has 1 aromatic heterocycles. The van der Waals surface area contributed by atoms with Gasteiger partial charge in [-0.25, -0.2) is 9.37 Å². The Hall–Kier alpha value is -2.04. The number of carbonyl (C=O) groups is 1. The zero-order chi connectivity index (χ0) is 12.3. The highest BCUT2D eigenvalue weighted by Gasteiger charge is 2.11. The van der Waals surface area contributed by atoms with Crippen molar-refractivity contribution in [3.63, 3.8) is 0 Å². The molecule has 5 heteroatoms. The van der Waals surface area contributed by atoms with Gasteiger partial charge in [-0.2, -0.15) is 5.10 Å². The minimum atomic E-state index is -0.348. The minimum Gasteiger partial charge on any atom is -0.299 e. The zero-order valence-corrected chi connectivity index (χ0v) is 9.43. The second-order valence-corrected chi connectivity index (χ2v) is 3.78. The van der Waals surface area contributed by atoms with Crippen molar-refractivity contribution in [3.8, 4) is 0 Å². The molecule has 0 spiro atoms. The van der Waals surface area contributed by atoms with Crippen molar-refractivity contribution >= 4 is 5.78 Å². The van der Waals surface area contributed by atoms with E-state index >= 15 is 0 Å². The van der Waals surface area contributed by atoms with E-state index in [9.17, 15) is 9.18 Å². The van der Waals surface area contributed by atoms with E-state index in [4.69, 9.17) is 0 Å². The van der Waals surface area contributed by atoms with Crippen LogP contribution in [0.5, 0.6) is 0 Å². The summed E-state index contributed by atoms with van der Waals surface area (Å²) >= 11 is 0. The fourth-order valence-electron chi connectivity index (χ4n) is 1.57. The largest absolute Gasteiger partial charge is 0.299 e. The Morgan fingerprint density at radius 1 is 1.35 bits per heavy atom. The van der Waals surface area contributed by atoms with E-state index in [0.29, 0.717) is 11.4 Å². The molecule has 0 saturated carbocycles. The summed E-state index contributed by atoms with van der Waals surface area (Å²) in [5, 5.41) is 3.87. The van der Waals surface area contributed by atoms with E-state index in [0.717, 1.165) is 0 Å². The molecule has 0 amide bonds. The number of Topliss-reactive ketones (excluding diaryl/α,β-unsaturated/α-hetero) is 1. The van der Waals surface area contributed by atoms with Crippen molar-refractivity contribution in [1.82, 2.24) is 14.8 Å². The number of hydrogen-bond donors (Lipinski definition) is 0. The van der Waals surface area contributed by atoms with Crippen LogP contribution in [0.4, 0.5) is 4.39 Å². The highest BCUT2D eigenvalue weighted by Crippen LogP contribution is 2.08. The Kier molecular flexibility index (Phi) is 3.27. The summed E-state index contributed by atoms with van der Waals surface area (Å²) in [5.74, 6) is 0.163. The molecule has 1 heterocycles. The van der Waals surface area contributed by atoms with Crippen LogP contribution >= 0.6 is 0 Å². The lowest BCUT2D eigenvalue weighted by Crippen LogP contribution is -2.11. The second-order valence-electron chi connectivity index (χ2n) is 3.78. The van der Waals surface area contributed by atoms with Gasteiger partial charge in [0.25, 0.3) is 0 Å². The predicted molar refractivity (Wildman–Crippen MR) is 59.8 cm³/mol. The molecule has 0 aliphatic heterocycles. The summed E-state index contributed by atoms with van der Waals surface area (Å²) in [4.78, 5) is 15.7. The molecule has 4 nitrogen and oxygen atoms in total. The summed E-state index contributed by atoms with van der Waals surface area (Å²) in [6.07, 6.45) is 1.65. The molecule has 0 aliphatic carbocycles. The lowest BCUT2D eigenvalue weighted by Gasteiger charge is -2.02. The third-order valence-corrected chi connectivity index (χ3v) is 2.51. The lowest BCUT2D eigenvalue weighted by molar-refractivity contribution is -0.118. The average molecular weight is 233 g/mol. The third-order valence-electron chi connectivity index (χ3n) is 2.51. The van der Waals surface area contributed by atoms with E-state index in [1.54, 1.807) is 29.9 Å². The van der Waals surface area contributed by atoms with Crippen LogP contribution in [-0.4, -0.2) is 20.5 Å². The molecular weight excluding hydrogens is 221 g/mol. The van der Waals surface area contributed by atoms with E-state index in [-0.39, 0.29) is 24.4 Å². The first-order valence-corrected chi connectivity index (χ1v) is 5.25. The smallest absolute Gasteiger partial charge is 0.144 e. The first-order chi connectivity index (χ1) is 8.16. The Bertz CT molecular complexity index is 536. The molecule has 2 rings (SSSR count). The van der Waals surface area contributed by atoms with E-state index in [2.05, 4.69) is 10.1 Å². The van der Waals surface area contributed by atoms with Crippen LogP contribution < -0.4 is 0 Å². The van der Waals surface area contributed by atoms with E-state index < -0.39 is 0 Å². The van der Waals surface area contributed by atoms with Crippen LogP contribution in [0.1, 0.15) is 11.4 Å². The van der Waals surface area contributed by atoms with Crippen LogP contribution in [0, 0.1) is 5.82 Å². The number of rotatable bonds is 4. The standard InChI is InChI=1S/C12H12FN3O/c1-16-12(14-8-15-16)7-10(17)6-9-4-2-3-5-11(9)13/h2-5,8H,6-7H2,1H3. The molecule has 0 aliphatic rings. The first kappa shape index (κ1) is 11.4. The van der Waals surface area contributed by atoms with Crippen molar-refractivity contribution in [1.29, 1.82) is 0 Å². The maximum Gasteiger partial charge on any atom is 0.144 e. The maximum absolute atomic E-state index is 13.3. The van der Waals surface area contributed by atoms with Gasteiger partial charge in [-0.3, -0.25) is 9.48 Å².